The highest BCUT2D eigenvalue weighted by atomic mass is 35.5. The molecule has 21 heavy (non-hydrogen) atoms. The Bertz CT molecular complexity index is 627. The zero-order chi connectivity index (χ0) is 15.5. The number of benzene rings is 1. The first-order chi connectivity index (χ1) is 9.90. The van der Waals surface area contributed by atoms with E-state index in [1.54, 1.807) is 0 Å². The fraction of sp³-hybridized carbons (Fsp3) is 0.538. The molecule has 8 heteroatoms. The lowest BCUT2D eigenvalue weighted by molar-refractivity contribution is -0.384. The number of hydrogen-bond acceptors (Lipinski definition) is 4. The number of nitro benzene ring substituents is 1. The van der Waals surface area contributed by atoms with E-state index in [0.717, 1.165) is 25.3 Å². The Morgan fingerprint density at radius 1 is 1.33 bits per heavy atom. The van der Waals surface area contributed by atoms with Crippen LogP contribution < -0.4 is 4.72 Å². The molecule has 0 amide bonds. The van der Waals surface area contributed by atoms with Crippen LogP contribution in [-0.2, 0) is 10.0 Å². The Labute approximate surface area is 128 Å². The molecule has 0 atom stereocenters. The summed E-state index contributed by atoms with van der Waals surface area (Å²) < 4.78 is 26.7. The van der Waals surface area contributed by atoms with Crippen molar-refractivity contribution in [2.75, 3.05) is 6.54 Å². The average Bonchev–Trinajstić information content (AvgIpc) is 2.91. The fourth-order valence-electron chi connectivity index (χ4n) is 2.58. The van der Waals surface area contributed by atoms with Crippen molar-refractivity contribution < 1.29 is 13.3 Å². The van der Waals surface area contributed by atoms with E-state index < -0.39 is 20.6 Å². The molecule has 0 aromatic heterocycles. The summed E-state index contributed by atoms with van der Waals surface area (Å²) in [6, 6.07) is 3.48. The third-order valence-corrected chi connectivity index (χ3v) is 5.52. The minimum absolute atomic E-state index is 0.0788. The molecule has 0 spiro atoms. The van der Waals surface area contributed by atoms with Gasteiger partial charge in [0.25, 0.3) is 5.69 Å². The molecule has 6 nitrogen and oxygen atoms in total. The van der Waals surface area contributed by atoms with E-state index in [0.29, 0.717) is 12.5 Å². The normalized spacial score (nSPS) is 16.2. The topological polar surface area (TPSA) is 89.3 Å². The second kappa shape index (κ2) is 6.72. The zero-order valence-electron chi connectivity index (χ0n) is 11.4. The number of nitrogens with one attached hydrogen (secondary N) is 1. The van der Waals surface area contributed by atoms with Crippen molar-refractivity contribution in [1.82, 2.24) is 4.72 Å². The van der Waals surface area contributed by atoms with Crippen LogP contribution >= 0.6 is 11.6 Å². The Kier molecular flexibility index (Phi) is 5.18. The Morgan fingerprint density at radius 2 is 2.00 bits per heavy atom. The Hall–Kier alpha value is -1.18. The monoisotopic (exact) mass is 332 g/mol. The van der Waals surface area contributed by atoms with Gasteiger partial charge in [-0.2, -0.15) is 0 Å². The van der Waals surface area contributed by atoms with Gasteiger partial charge in [-0.1, -0.05) is 37.3 Å². The van der Waals surface area contributed by atoms with Gasteiger partial charge in [0.05, 0.1) is 9.82 Å². The van der Waals surface area contributed by atoms with Crippen LogP contribution in [-0.4, -0.2) is 19.9 Å². The van der Waals surface area contributed by atoms with E-state index in [4.69, 9.17) is 11.6 Å². The number of nitrogens with zero attached hydrogens (tertiary/aromatic N) is 1. The molecule has 0 bridgehead atoms. The quantitative estimate of drug-likeness (QED) is 0.640. The van der Waals surface area contributed by atoms with Gasteiger partial charge < -0.3 is 0 Å². The first-order valence-corrected chi connectivity index (χ1v) is 8.70. The van der Waals surface area contributed by atoms with E-state index in [9.17, 15) is 18.5 Å². The van der Waals surface area contributed by atoms with Gasteiger partial charge in [-0.25, -0.2) is 13.1 Å². The highest BCUT2D eigenvalue weighted by Crippen LogP contribution is 2.28. The number of sulfonamides is 1. The Morgan fingerprint density at radius 3 is 2.62 bits per heavy atom. The molecular formula is C13H17ClN2O4S. The molecule has 0 aliphatic heterocycles. The standard InChI is InChI=1S/C13H17ClN2O4S/c14-12-6-5-11(9-13(12)16(17)18)21(19,20)15-8-7-10-3-1-2-4-10/h5-6,9-10,15H,1-4,7-8H2. The predicted octanol–water partition coefficient (Wildman–Crippen LogP) is 3.11. The van der Waals surface area contributed by atoms with Gasteiger partial charge in [0.1, 0.15) is 5.02 Å². The van der Waals surface area contributed by atoms with Crippen LogP contribution in [0, 0.1) is 16.0 Å². The molecule has 116 valence electrons. The van der Waals surface area contributed by atoms with Crippen LogP contribution in [0.3, 0.4) is 0 Å². The molecule has 1 aromatic rings. The molecule has 1 fully saturated rings. The van der Waals surface area contributed by atoms with Gasteiger partial charge in [0, 0.05) is 12.6 Å². The van der Waals surface area contributed by atoms with E-state index >= 15 is 0 Å². The molecule has 0 saturated heterocycles. The largest absolute Gasteiger partial charge is 0.289 e. The zero-order valence-corrected chi connectivity index (χ0v) is 13.0. The molecule has 1 aromatic carbocycles. The van der Waals surface area contributed by atoms with Crippen LogP contribution in [0.15, 0.2) is 23.1 Å². The van der Waals surface area contributed by atoms with E-state index in [2.05, 4.69) is 4.72 Å². The van der Waals surface area contributed by atoms with Crippen molar-refractivity contribution in [2.24, 2.45) is 5.92 Å². The smallest absolute Gasteiger partial charge is 0.258 e. The molecule has 1 aliphatic carbocycles. The third kappa shape index (κ3) is 4.15. The highest BCUT2D eigenvalue weighted by Gasteiger charge is 2.21. The second-order valence-electron chi connectivity index (χ2n) is 5.21. The number of nitro groups is 1. The summed E-state index contributed by atoms with van der Waals surface area (Å²) in [5, 5.41) is 10.7. The molecule has 0 heterocycles. The van der Waals surface area contributed by atoms with Gasteiger partial charge in [-0.05, 0) is 24.5 Å². The third-order valence-electron chi connectivity index (χ3n) is 3.74. The van der Waals surface area contributed by atoms with Crippen LogP contribution in [0.4, 0.5) is 5.69 Å². The van der Waals surface area contributed by atoms with Gasteiger partial charge in [-0.3, -0.25) is 10.1 Å². The Balaban J connectivity index is 2.04. The second-order valence-corrected chi connectivity index (χ2v) is 7.38. The summed E-state index contributed by atoms with van der Waals surface area (Å²) >= 11 is 5.67. The summed E-state index contributed by atoms with van der Waals surface area (Å²) in [6.07, 6.45) is 5.51. The molecule has 2 rings (SSSR count). The first-order valence-electron chi connectivity index (χ1n) is 6.84. The summed E-state index contributed by atoms with van der Waals surface area (Å²) in [5.41, 5.74) is -0.407. The molecule has 1 N–H and O–H groups in total. The summed E-state index contributed by atoms with van der Waals surface area (Å²) in [6.45, 7) is 0.351. The van der Waals surface area contributed by atoms with Crippen LogP contribution in [0.1, 0.15) is 32.1 Å². The minimum atomic E-state index is -3.74. The molecule has 1 aliphatic rings. The highest BCUT2D eigenvalue weighted by molar-refractivity contribution is 7.89. The fourth-order valence-corrected chi connectivity index (χ4v) is 3.83. The number of halogens is 1. The van der Waals surface area contributed by atoms with Gasteiger partial charge in [-0.15, -0.1) is 0 Å². The maximum atomic E-state index is 12.1. The molecular weight excluding hydrogens is 316 g/mol. The van der Waals surface area contributed by atoms with Crippen molar-refractivity contribution in [3.63, 3.8) is 0 Å². The maximum absolute atomic E-state index is 12.1. The lowest BCUT2D eigenvalue weighted by atomic mass is 10.1. The van der Waals surface area contributed by atoms with Crippen molar-refractivity contribution >= 4 is 27.3 Å². The lowest BCUT2D eigenvalue weighted by Gasteiger charge is -2.10. The summed E-state index contributed by atoms with van der Waals surface area (Å²) in [5.74, 6) is 0.576. The predicted molar refractivity (Wildman–Crippen MR) is 79.9 cm³/mol. The minimum Gasteiger partial charge on any atom is -0.258 e. The molecule has 0 unspecified atom stereocenters. The summed E-state index contributed by atoms with van der Waals surface area (Å²) in [7, 11) is -3.74. The van der Waals surface area contributed by atoms with Crippen molar-refractivity contribution in [3.8, 4) is 0 Å². The van der Waals surface area contributed by atoms with E-state index in [1.165, 1.54) is 25.0 Å². The summed E-state index contributed by atoms with van der Waals surface area (Å²) in [4.78, 5) is 9.97. The lowest BCUT2D eigenvalue weighted by Crippen LogP contribution is -2.26. The SMILES string of the molecule is O=[N+]([O-])c1cc(S(=O)(=O)NCCC2CCCC2)ccc1Cl. The molecule has 0 radical (unpaired) electrons. The van der Waals surface area contributed by atoms with E-state index in [-0.39, 0.29) is 9.92 Å². The number of hydrogen-bond donors (Lipinski definition) is 1. The molecule has 1 saturated carbocycles. The van der Waals surface area contributed by atoms with Crippen molar-refractivity contribution in [2.45, 2.75) is 37.0 Å². The van der Waals surface area contributed by atoms with Crippen LogP contribution in [0.2, 0.25) is 5.02 Å². The van der Waals surface area contributed by atoms with Crippen molar-refractivity contribution in [3.05, 3.63) is 33.3 Å². The van der Waals surface area contributed by atoms with Gasteiger partial charge >= 0.3 is 0 Å². The van der Waals surface area contributed by atoms with Gasteiger partial charge in [0.15, 0.2) is 0 Å². The number of rotatable bonds is 6. The first kappa shape index (κ1) is 16.2. The van der Waals surface area contributed by atoms with Crippen LogP contribution in [0.5, 0.6) is 0 Å². The average molecular weight is 333 g/mol. The maximum Gasteiger partial charge on any atom is 0.289 e. The van der Waals surface area contributed by atoms with Crippen LogP contribution in [0.25, 0.3) is 0 Å². The van der Waals surface area contributed by atoms with E-state index in [1.807, 2.05) is 0 Å². The van der Waals surface area contributed by atoms with Gasteiger partial charge in [0.2, 0.25) is 10.0 Å². The van der Waals surface area contributed by atoms with Crippen molar-refractivity contribution in [1.29, 1.82) is 0 Å².